The maximum atomic E-state index is 8.68. The second-order valence-electron chi connectivity index (χ2n) is 5.29. The number of aliphatic hydroxyl groups is 1. The number of rotatable bonds is 7. The number of hydrogen-bond donors (Lipinski definition) is 2. The fourth-order valence-corrected chi connectivity index (χ4v) is 2.53. The third-order valence-corrected chi connectivity index (χ3v) is 3.52. The van der Waals surface area contributed by atoms with Gasteiger partial charge in [-0.2, -0.15) is 0 Å². The van der Waals surface area contributed by atoms with Gasteiger partial charge in [0.1, 0.15) is 6.61 Å². The highest BCUT2D eigenvalue weighted by Crippen LogP contribution is 2.22. The Bertz CT molecular complexity index is 377. The number of pyridine rings is 1. The van der Waals surface area contributed by atoms with Crippen molar-refractivity contribution in [3.8, 4) is 5.88 Å². The average Bonchev–Trinajstić information content (AvgIpc) is 2.47. The van der Waals surface area contributed by atoms with Gasteiger partial charge < -0.3 is 19.9 Å². The Balaban J connectivity index is 1.76. The van der Waals surface area contributed by atoms with Gasteiger partial charge in [-0.25, -0.2) is 4.98 Å². The fraction of sp³-hybridized carbons (Fsp3) is 0.667. The third-order valence-electron chi connectivity index (χ3n) is 3.52. The minimum atomic E-state index is 0.00379. The SMILES string of the molecule is CC(CC1CCOCC1)Nc1ccc(OCCO)nc1. The average molecular weight is 280 g/mol. The number of hydrogen-bond acceptors (Lipinski definition) is 5. The van der Waals surface area contributed by atoms with E-state index in [-0.39, 0.29) is 13.2 Å². The standard InChI is InChI=1S/C15H24N2O3/c1-12(10-13-4-7-19-8-5-13)17-14-2-3-15(16-11-14)20-9-6-18/h2-3,11-13,17-18H,4-10H2,1H3. The Kier molecular flexibility index (Phi) is 6.08. The van der Waals surface area contributed by atoms with Gasteiger partial charge >= 0.3 is 0 Å². The molecule has 0 aromatic carbocycles. The summed E-state index contributed by atoms with van der Waals surface area (Å²) in [7, 11) is 0. The summed E-state index contributed by atoms with van der Waals surface area (Å²) in [6, 6.07) is 4.20. The first-order valence-electron chi connectivity index (χ1n) is 7.32. The van der Waals surface area contributed by atoms with Gasteiger partial charge in [-0.3, -0.25) is 0 Å². The number of anilines is 1. The highest BCUT2D eigenvalue weighted by molar-refractivity contribution is 5.42. The predicted molar refractivity (Wildman–Crippen MR) is 78.1 cm³/mol. The van der Waals surface area contributed by atoms with Crippen LogP contribution in [0.25, 0.3) is 0 Å². The lowest BCUT2D eigenvalue weighted by atomic mass is 9.93. The summed E-state index contributed by atoms with van der Waals surface area (Å²) >= 11 is 0. The van der Waals surface area contributed by atoms with Crippen LogP contribution in [-0.4, -0.2) is 42.6 Å². The quantitative estimate of drug-likeness (QED) is 0.800. The van der Waals surface area contributed by atoms with Crippen LogP contribution in [0, 0.1) is 5.92 Å². The zero-order valence-electron chi connectivity index (χ0n) is 12.0. The van der Waals surface area contributed by atoms with Crippen LogP contribution in [0.1, 0.15) is 26.2 Å². The molecule has 5 nitrogen and oxygen atoms in total. The predicted octanol–water partition coefficient (Wildman–Crippen LogP) is 2.07. The van der Waals surface area contributed by atoms with Crippen molar-refractivity contribution in [2.45, 2.75) is 32.2 Å². The van der Waals surface area contributed by atoms with E-state index in [2.05, 4.69) is 17.2 Å². The molecule has 1 saturated heterocycles. The molecule has 1 fully saturated rings. The van der Waals surface area contributed by atoms with Gasteiger partial charge in [-0.15, -0.1) is 0 Å². The number of aromatic nitrogens is 1. The van der Waals surface area contributed by atoms with E-state index < -0.39 is 0 Å². The summed E-state index contributed by atoms with van der Waals surface area (Å²) in [5.41, 5.74) is 1.00. The van der Waals surface area contributed by atoms with E-state index in [0.29, 0.717) is 11.9 Å². The van der Waals surface area contributed by atoms with Crippen LogP contribution >= 0.6 is 0 Å². The summed E-state index contributed by atoms with van der Waals surface area (Å²) in [5, 5.41) is 12.1. The van der Waals surface area contributed by atoms with Gasteiger partial charge in [0.15, 0.2) is 0 Å². The second-order valence-corrected chi connectivity index (χ2v) is 5.29. The summed E-state index contributed by atoms with van der Waals surface area (Å²) in [6.45, 7) is 4.28. The maximum absolute atomic E-state index is 8.68. The summed E-state index contributed by atoms with van der Waals surface area (Å²) in [5.74, 6) is 1.30. The molecule has 0 spiro atoms. The lowest BCUT2D eigenvalue weighted by Gasteiger charge is -2.25. The smallest absolute Gasteiger partial charge is 0.213 e. The Morgan fingerprint density at radius 3 is 2.90 bits per heavy atom. The Labute approximate surface area is 120 Å². The summed E-state index contributed by atoms with van der Waals surface area (Å²) < 4.78 is 10.6. The van der Waals surface area contributed by atoms with Crippen molar-refractivity contribution in [1.82, 2.24) is 4.98 Å². The van der Waals surface area contributed by atoms with Gasteiger partial charge in [0.2, 0.25) is 5.88 Å². The van der Waals surface area contributed by atoms with Gasteiger partial charge in [-0.1, -0.05) is 0 Å². The molecular weight excluding hydrogens is 256 g/mol. The van der Waals surface area contributed by atoms with Crippen molar-refractivity contribution in [2.24, 2.45) is 5.92 Å². The van der Waals surface area contributed by atoms with Gasteiger partial charge in [0.05, 0.1) is 18.5 Å². The Morgan fingerprint density at radius 2 is 2.25 bits per heavy atom. The molecule has 1 atom stereocenters. The van der Waals surface area contributed by atoms with Crippen LogP contribution < -0.4 is 10.1 Å². The molecule has 0 amide bonds. The lowest BCUT2D eigenvalue weighted by Crippen LogP contribution is -2.24. The van der Waals surface area contributed by atoms with Crippen molar-refractivity contribution >= 4 is 5.69 Å². The number of aliphatic hydroxyl groups excluding tert-OH is 1. The molecule has 2 rings (SSSR count). The normalized spacial score (nSPS) is 17.7. The van der Waals surface area contributed by atoms with Crippen LogP contribution in [0.5, 0.6) is 5.88 Å². The van der Waals surface area contributed by atoms with Crippen LogP contribution in [0.15, 0.2) is 18.3 Å². The zero-order valence-corrected chi connectivity index (χ0v) is 12.0. The minimum absolute atomic E-state index is 0.00379. The summed E-state index contributed by atoms with van der Waals surface area (Å²) in [6.07, 6.45) is 5.26. The molecular formula is C15H24N2O3. The largest absolute Gasteiger partial charge is 0.475 e. The molecule has 1 aromatic heterocycles. The zero-order chi connectivity index (χ0) is 14.2. The maximum Gasteiger partial charge on any atom is 0.213 e. The molecule has 1 unspecified atom stereocenters. The molecule has 2 heterocycles. The molecule has 5 heteroatoms. The van der Waals surface area contributed by atoms with Crippen LogP contribution in [0.3, 0.4) is 0 Å². The van der Waals surface area contributed by atoms with E-state index in [9.17, 15) is 0 Å². The van der Waals surface area contributed by atoms with Gasteiger partial charge in [0.25, 0.3) is 0 Å². The first kappa shape index (κ1) is 15.1. The minimum Gasteiger partial charge on any atom is -0.475 e. The van der Waals surface area contributed by atoms with Gasteiger partial charge in [0, 0.05) is 25.3 Å². The molecule has 0 aliphatic carbocycles. The van der Waals surface area contributed by atoms with E-state index >= 15 is 0 Å². The molecule has 1 aliphatic heterocycles. The molecule has 0 radical (unpaired) electrons. The van der Waals surface area contributed by atoms with Crippen molar-refractivity contribution in [3.63, 3.8) is 0 Å². The van der Waals surface area contributed by atoms with Crippen LogP contribution in [0.2, 0.25) is 0 Å². The van der Waals surface area contributed by atoms with Crippen molar-refractivity contribution in [1.29, 1.82) is 0 Å². The van der Waals surface area contributed by atoms with E-state index in [1.807, 2.05) is 12.1 Å². The topological polar surface area (TPSA) is 63.6 Å². The highest BCUT2D eigenvalue weighted by Gasteiger charge is 2.16. The van der Waals surface area contributed by atoms with E-state index in [0.717, 1.165) is 44.1 Å². The Hall–Kier alpha value is -1.33. The molecule has 112 valence electrons. The molecule has 0 saturated carbocycles. The van der Waals surface area contributed by atoms with Crippen molar-refractivity contribution in [3.05, 3.63) is 18.3 Å². The van der Waals surface area contributed by atoms with E-state index in [1.54, 1.807) is 6.20 Å². The van der Waals surface area contributed by atoms with Crippen molar-refractivity contribution in [2.75, 3.05) is 31.7 Å². The van der Waals surface area contributed by atoms with Crippen LogP contribution in [-0.2, 0) is 4.74 Å². The molecule has 1 aromatic rings. The second kappa shape index (κ2) is 8.07. The van der Waals surface area contributed by atoms with E-state index in [1.165, 1.54) is 0 Å². The highest BCUT2D eigenvalue weighted by atomic mass is 16.5. The van der Waals surface area contributed by atoms with Crippen LogP contribution in [0.4, 0.5) is 5.69 Å². The first-order chi connectivity index (χ1) is 9.78. The Morgan fingerprint density at radius 1 is 1.45 bits per heavy atom. The molecule has 0 bridgehead atoms. The fourth-order valence-electron chi connectivity index (χ4n) is 2.53. The molecule has 2 N–H and O–H groups in total. The van der Waals surface area contributed by atoms with Crippen molar-refractivity contribution < 1.29 is 14.6 Å². The van der Waals surface area contributed by atoms with E-state index in [4.69, 9.17) is 14.6 Å². The lowest BCUT2D eigenvalue weighted by molar-refractivity contribution is 0.0629. The molecule has 20 heavy (non-hydrogen) atoms. The number of nitrogens with one attached hydrogen (secondary N) is 1. The number of nitrogens with zero attached hydrogens (tertiary/aromatic N) is 1. The third kappa shape index (κ3) is 4.98. The summed E-state index contributed by atoms with van der Waals surface area (Å²) in [4.78, 5) is 4.20. The van der Waals surface area contributed by atoms with Gasteiger partial charge in [-0.05, 0) is 38.2 Å². The number of ether oxygens (including phenoxy) is 2. The first-order valence-corrected chi connectivity index (χ1v) is 7.32. The molecule has 1 aliphatic rings. The monoisotopic (exact) mass is 280 g/mol.